The van der Waals surface area contributed by atoms with Crippen LogP contribution in [0.4, 0.5) is 11.4 Å². The SMILES string of the molecule is COc1ccc(Nc2c3ccccc3nc3n[nH]c(C)c23)cc1.Cl. The molecule has 0 amide bonds. The number of aromatic nitrogens is 3. The number of H-pyrrole nitrogens is 1. The second-order valence-electron chi connectivity index (χ2n) is 5.40. The smallest absolute Gasteiger partial charge is 0.183 e. The van der Waals surface area contributed by atoms with Gasteiger partial charge in [0.15, 0.2) is 5.65 Å². The molecule has 5 nitrogen and oxygen atoms in total. The van der Waals surface area contributed by atoms with Crippen molar-refractivity contribution in [1.82, 2.24) is 15.2 Å². The molecule has 0 aliphatic heterocycles. The third-order valence-corrected chi connectivity index (χ3v) is 3.94. The van der Waals surface area contributed by atoms with E-state index in [4.69, 9.17) is 4.74 Å². The number of benzene rings is 2. The average molecular weight is 341 g/mol. The molecule has 0 bridgehead atoms. The van der Waals surface area contributed by atoms with Gasteiger partial charge in [-0.15, -0.1) is 12.4 Å². The Bertz CT molecular complexity index is 995. The Kier molecular flexibility index (Phi) is 4.27. The van der Waals surface area contributed by atoms with Gasteiger partial charge in [0.2, 0.25) is 0 Å². The van der Waals surface area contributed by atoms with Crippen molar-refractivity contribution < 1.29 is 4.74 Å². The van der Waals surface area contributed by atoms with Gasteiger partial charge in [-0.3, -0.25) is 5.10 Å². The highest BCUT2D eigenvalue weighted by Gasteiger charge is 2.13. The summed E-state index contributed by atoms with van der Waals surface area (Å²) in [5.41, 5.74) is 4.64. The zero-order valence-electron chi connectivity index (χ0n) is 13.3. The Morgan fingerprint density at radius 3 is 2.54 bits per heavy atom. The first kappa shape index (κ1) is 16.1. The maximum Gasteiger partial charge on any atom is 0.183 e. The summed E-state index contributed by atoms with van der Waals surface area (Å²) in [5.74, 6) is 0.833. The van der Waals surface area contributed by atoms with Crippen molar-refractivity contribution >= 4 is 45.7 Å². The lowest BCUT2D eigenvalue weighted by Crippen LogP contribution is -1.95. The van der Waals surface area contributed by atoms with Crippen LogP contribution < -0.4 is 10.1 Å². The number of aromatic amines is 1. The summed E-state index contributed by atoms with van der Waals surface area (Å²) in [6, 6.07) is 15.9. The molecular formula is C18H17ClN4O. The van der Waals surface area contributed by atoms with E-state index < -0.39 is 0 Å². The number of hydrogen-bond donors (Lipinski definition) is 2. The van der Waals surface area contributed by atoms with E-state index >= 15 is 0 Å². The maximum absolute atomic E-state index is 5.21. The number of pyridine rings is 1. The van der Waals surface area contributed by atoms with Crippen LogP contribution in [-0.4, -0.2) is 22.3 Å². The fourth-order valence-corrected chi connectivity index (χ4v) is 2.78. The Morgan fingerprint density at radius 1 is 1.04 bits per heavy atom. The molecule has 0 atom stereocenters. The molecular weight excluding hydrogens is 324 g/mol. The number of nitrogens with one attached hydrogen (secondary N) is 2. The van der Waals surface area contributed by atoms with Gasteiger partial charge in [-0.05, 0) is 37.3 Å². The van der Waals surface area contributed by atoms with E-state index in [9.17, 15) is 0 Å². The van der Waals surface area contributed by atoms with Crippen LogP contribution in [0.15, 0.2) is 48.5 Å². The molecule has 0 spiro atoms. The van der Waals surface area contributed by atoms with Crippen LogP contribution >= 0.6 is 12.4 Å². The monoisotopic (exact) mass is 340 g/mol. The number of aryl methyl sites for hydroxylation is 1. The summed E-state index contributed by atoms with van der Waals surface area (Å²) in [6.07, 6.45) is 0. The van der Waals surface area contributed by atoms with Gasteiger partial charge < -0.3 is 10.1 Å². The minimum absolute atomic E-state index is 0. The summed E-state index contributed by atoms with van der Waals surface area (Å²) < 4.78 is 5.21. The first-order chi connectivity index (χ1) is 11.3. The van der Waals surface area contributed by atoms with Gasteiger partial charge in [-0.2, -0.15) is 5.10 Å². The zero-order chi connectivity index (χ0) is 15.8. The number of rotatable bonds is 3. The first-order valence-corrected chi connectivity index (χ1v) is 7.41. The Labute approximate surface area is 145 Å². The lowest BCUT2D eigenvalue weighted by Gasteiger charge is -2.12. The van der Waals surface area contributed by atoms with Gasteiger partial charge in [0.25, 0.3) is 0 Å². The van der Waals surface area contributed by atoms with Crippen molar-refractivity contribution in [3.63, 3.8) is 0 Å². The number of hydrogen-bond acceptors (Lipinski definition) is 4. The van der Waals surface area contributed by atoms with Crippen LogP contribution in [-0.2, 0) is 0 Å². The molecule has 2 N–H and O–H groups in total. The van der Waals surface area contributed by atoms with E-state index in [1.807, 2.05) is 49.4 Å². The van der Waals surface area contributed by atoms with E-state index in [2.05, 4.69) is 26.6 Å². The standard InChI is InChI=1S/C18H16N4O.ClH/c1-11-16-17(19-12-7-9-13(23-2)10-8-12)14-5-3-4-6-15(14)20-18(16)22-21-11;/h3-10H,1-2H3,(H2,19,20,21,22);1H. The van der Waals surface area contributed by atoms with Gasteiger partial charge in [0.1, 0.15) is 5.75 Å². The van der Waals surface area contributed by atoms with Crippen molar-refractivity contribution in [2.24, 2.45) is 0 Å². The summed E-state index contributed by atoms with van der Waals surface area (Å²) >= 11 is 0. The molecule has 6 heteroatoms. The van der Waals surface area contributed by atoms with Crippen LogP contribution in [0.2, 0.25) is 0 Å². The lowest BCUT2D eigenvalue weighted by atomic mass is 10.1. The summed E-state index contributed by atoms with van der Waals surface area (Å²) in [4.78, 5) is 4.63. The summed E-state index contributed by atoms with van der Waals surface area (Å²) in [7, 11) is 1.66. The number of nitrogens with zero attached hydrogens (tertiary/aromatic N) is 2. The third kappa shape index (κ3) is 2.63. The fraction of sp³-hybridized carbons (Fsp3) is 0.111. The van der Waals surface area contributed by atoms with E-state index in [-0.39, 0.29) is 12.4 Å². The number of fused-ring (bicyclic) bond motifs is 2. The highest BCUT2D eigenvalue weighted by atomic mass is 35.5. The van der Waals surface area contributed by atoms with Crippen molar-refractivity contribution in [1.29, 1.82) is 0 Å². The van der Waals surface area contributed by atoms with E-state index in [1.54, 1.807) is 7.11 Å². The molecule has 0 saturated heterocycles. The van der Waals surface area contributed by atoms with Gasteiger partial charge in [0.05, 0.1) is 23.7 Å². The van der Waals surface area contributed by atoms with E-state index in [0.29, 0.717) is 0 Å². The average Bonchev–Trinajstić information content (AvgIpc) is 2.96. The van der Waals surface area contributed by atoms with Crippen LogP contribution in [0.3, 0.4) is 0 Å². The topological polar surface area (TPSA) is 62.8 Å². The fourth-order valence-electron chi connectivity index (χ4n) is 2.78. The van der Waals surface area contributed by atoms with Crippen molar-refractivity contribution in [2.45, 2.75) is 6.92 Å². The van der Waals surface area contributed by atoms with Crippen LogP contribution in [0, 0.1) is 6.92 Å². The Balaban J connectivity index is 0.00000169. The molecule has 4 aromatic rings. The lowest BCUT2D eigenvalue weighted by molar-refractivity contribution is 0.415. The predicted molar refractivity (Wildman–Crippen MR) is 99.7 cm³/mol. The number of para-hydroxylation sites is 1. The molecule has 0 unspecified atom stereocenters. The quantitative estimate of drug-likeness (QED) is 0.572. The highest BCUT2D eigenvalue weighted by molar-refractivity contribution is 6.08. The second kappa shape index (κ2) is 6.37. The van der Waals surface area contributed by atoms with E-state index in [0.717, 1.165) is 44.8 Å². The number of ether oxygens (including phenoxy) is 1. The molecule has 122 valence electrons. The number of halogens is 1. The molecule has 24 heavy (non-hydrogen) atoms. The Morgan fingerprint density at radius 2 is 1.79 bits per heavy atom. The number of methoxy groups -OCH3 is 1. The van der Waals surface area contributed by atoms with Gasteiger partial charge >= 0.3 is 0 Å². The van der Waals surface area contributed by atoms with Gasteiger partial charge in [-0.1, -0.05) is 18.2 Å². The van der Waals surface area contributed by atoms with Crippen LogP contribution in [0.5, 0.6) is 5.75 Å². The third-order valence-electron chi connectivity index (χ3n) is 3.94. The summed E-state index contributed by atoms with van der Waals surface area (Å²) in [5, 5.41) is 12.9. The molecule has 0 aliphatic rings. The zero-order valence-corrected chi connectivity index (χ0v) is 14.1. The molecule has 2 aromatic heterocycles. The minimum Gasteiger partial charge on any atom is -0.497 e. The molecule has 4 rings (SSSR count). The second-order valence-corrected chi connectivity index (χ2v) is 5.40. The van der Waals surface area contributed by atoms with Crippen molar-refractivity contribution in [2.75, 3.05) is 12.4 Å². The largest absolute Gasteiger partial charge is 0.497 e. The summed E-state index contributed by atoms with van der Waals surface area (Å²) in [6.45, 7) is 2.00. The van der Waals surface area contributed by atoms with Crippen LogP contribution in [0.25, 0.3) is 21.9 Å². The highest BCUT2D eigenvalue weighted by Crippen LogP contribution is 2.34. The van der Waals surface area contributed by atoms with Crippen LogP contribution in [0.1, 0.15) is 5.69 Å². The van der Waals surface area contributed by atoms with E-state index in [1.165, 1.54) is 0 Å². The maximum atomic E-state index is 5.21. The van der Waals surface area contributed by atoms with Gasteiger partial charge in [-0.25, -0.2) is 4.98 Å². The molecule has 0 fully saturated rings. The molecule has 2 heterocycles. The van der Waals surface area contributed by atoms with Crippen molar-refractivity contribution in [3.05, 3.63) is 54.2 Å². The predicted octanol–water partition coefficient (Wildman–Crippen LogP) is 4.59. The molecule has 0 saturated carbocycles. The normalized spacial score (nSPS) is 10.6. The van der Waals surface area contributed by atoms with Gasteiger partial charge in [0, 0.05) is 16.8 Å². The Hall–Kier alpha value is -2.79. The first-order valence-electron chi connectivity index (χ1n) is 7.41. The van der Waals surface area contributed by atoms with Crippen molar-refractivity contribution in [3.8, 4) is 5.75 Å². The molecule has 2 aromatic carbocycles. The molecule has 0 radical (unpaired) electrons. The number of anilines is 2. The molecule has 0 aliphatic carbocycles. The minimum atomic E-state index is 0.